The molecule has 1 rings (SSSR count). The van der Waals surface area contributed by atoms with Crippen molar-refractivity contribution in [2.45, 2.75) is 39.2 Å². The smallest absolute Gasteiger partial charge is 0.0366 e. The van der Waals surface area contributed by atoms with Crippen LogP contribution in [0.4, 0.5) is 5.69 Å². The molecule has 0 aliphatic carbocycles. The molecule has 2 heteroatoms. The second-order valence-electron chi connectivity index (χ2n) is 4.36. The molecule has 0 aromatic heterocycles. The van der Waals surface area contributed by atoms with E-state index in [9.17, 15) is 0 Å². The van der Waals surface area contributed by atoms with Crippen molar-refractivity contribution >= 4 is 5.69 Å². The molecule has 0 amide bonds. The van der Waals surface area contributed by atoms with Gasteiger partial charge in [-0.15, -0.1) is 0 Å². The molecule has 1 aromatic carbocycles. The molecule has 0 bridgehead atoms. The van der Waals surface area contributed by atoms with Crippen LogP contribution >= 0.6 is 0 Å². The molecule has 1 aromatic rings. The minimum atomic E-state index is 0.623. The lowest BCUT2D eigenvalue weighted by atomic mass is 10.1. The van der Waals surface area contributed by atoms with Crippen LogP contribution in [0.5, 0.6) is 0 Å². The average molecular weight is 220 g/mol. The fraction of sp³-hybridized carbons (Fsp3) is 0.571. The summed E-state index contributed by atoms with van der Waals surface area (Å²) >= 11 is 0. The summed E-state index contributed by atoms with van der Waals surface area (Å²) in [5.41, 5.74) is 8.12. The Morgan fingerprint density at radius 2 is 2.00 bits per heavy atom. The molecule has 0 saturated heterocycles. The fourth-order valence-electron chi connectivity index (χ4n) is 1.83. The van der Waals surface area contributed by atoms with E-state index in [2.05, 4.69) is 43.1 Å². The van der Waals surface area contributed by atoms with Crippen LogP contribution in [0.25, 0.3) is 0 Å². The molecule has 0 fully saturated rings. The van der Waals surface area contributed by atoms with Crippen LogP contribution in [0.2, 0.25) is 0 Å². The lowest BCUT2D eigenvalue weighted by Crippen LogP contribution is -2.18. The number of anilines is 1. The Morgan fingerprint density at radius 1 is 1.19 bits per heavy atom. The van der Waals surface area contributed by atoms with E-state index in [0.717, 1.165) is 6.54 Å². The third-order valence-corrected chi connectivity index (χ3v) is 2.93. The quantitative estimate of drug-likeness (QED) is 0.715. The zero-order valence-electron chi connectivity index (χ0n) is 10.6. The topological polar surface area (TPSA) is 29.3 Å². The number of unbranched alkanes of at least 4 members (excludes halogenated alkanes) is 3. The first kappa shape index (κ1) is 13.0. The molecular formula is C14H24N2. The van der Waals surface area contributed by atoms with Gasteiger partial charge in [-0.2, -0.15) is 0 Å². The molecule has 0 unspecified atom stereocenters. The highest BCUT2D eigenvalue weighted by Crippen LogP contribution is 2.15. The van der Waals surface area contributed by atoms with Gasteiger partial charge in [0, 0.05) is 25.8 Å². The van der Waals surface area contributed by atoms with Gasteiger partial charge in [0.2, 0.25) is 0 Å². The molecule has 0 heterocycles. The summed E-state index contributed by atoms with van der Waals surface area (Å²) in [6.07, 6.45) is 5.25. The highest BCUT2D eigenvalue weighted by atomic mass is 15.1. The molecule has 0 radical (unpaired) electrons. The first-order valence-electron chi connectivity index (χ1n) is 6.28. The number of hydrogen-bond acceptors (Lipinski definition) is 2. The minimum Gasteiger partial charge on any atom is -0.375 e. The molecule has 0 saturated carbocycles. The lowest BCUT2D eigenvalue weighted by Gasteiger charge is -2.19. The summed E-state index contributed by atoms with van der Waals surface area (Å²) in [7, 11) is 2.15. The van der Waals surface area contributed by atoms with Crippen molar-refractivity contribution in [2.75, 3.05) is 18.5 Å². The van der Waals surface area contributed by atoms with Crippen molar-refractivity contribution in [3.63, 3.8) is 0 Å². The van der Waals surface area contributed by atoms with Crippen LogP contribution in [0, 0.1) is 0 Å². The molecule has 90 valence electrons. The molecule has 0 aliphatic rings. The second kappa shape index (κ2) is 7.29. The molecular weight excluding hydrogens is 196 g/mol. The van der Waals surface area contributed by atoms with Crippen molar-refractivity contribution in [3.8, 4) is 0 Å². The van der Waals surface area contributed by atoms with Crippen molar-refractivity contribution in [1.29, 1.82) is 0 Å². The molecule has 16 heavy (non-hydrogen) atoms. The van der Waals surface area contributed by atoms with Crippen LogP contribution in [0.3, 0.4) is 0 Å². The average Bonchev–Trinajstić information content (AvgIpc) is 2.34. The van der Waals surface area contributed by atoms with Crippen molar-refractivity contribution in [2.24, 2.45) is 5.73 Å². The highest BCUT2D eigenvalue weighted by Gasteiger charge is 2.00. The second-order valence-corrected chi connectivity index (χ2v) is 4.36. The number of nitrogens with zero attached hydrogens (tertiary/aromatic N) is 1. The van der Waals surface area contributed by atoms with Gasteiger partial charge in [0.15, 0.2) is 0 Å². The Hall–Kier alpha value is -1.02. The van der Waals surface area contributed by atoms with Crippen molar-refractivity contribution < 1.29 is 0 Å². The Kier molecular flexibility index (Phi) is 5.94. The van der Waals surface area contributed by atoms with Crippen molar-refractivity contribution in [1.82, 2.24) is 0 Å². The van der Waals surface area contributed by atoms with E-state index in [4.69, 9.17) is 5.73 Å². The third-order valence-electron chi connectivity index (χ3n) is 2.93. The molecule has 0 spiro atoms. The Morgan fingerprint density at radius 3 is 2.69 bits per heavy atom. The Balaban J connectivity index is 2.42. The summed E-state index contributed by atoms with van der Waals surface area (Å²) in [5, 5.41) is 0. The SMILES string of the molecule is CCCCCCN(C)c1cccc(CN)c1. The predicted molar refractivity (Wildman–Crippen MR) is 71.7 cm³/mol. The summed E-state index contributed by atoms with van der Waals surface area (Å²) in [6.45, 7) is 4.00. The van der Waals surface area contributed by atoms with Crippen LogP contribution in [0.15, 0.2) is 24.3 Å². The van der Waals surface area contributed by atoms with Crippen LogP contribution in [0.1, 0.15) is 38.2 Å². The maximum Gasteiger partial charge on any atom is 0.0366 e. The van der Waals surface area contributed by atoms with E-state index < -0.39 is 0 Å². The van der Waals surface area contributed by atoms with Crippen LogP contribution in [-0.4, -0.2) is 13.6 Å². The van der Waals surface area contributed by atoms with Gasteiger partial charge in [-0.3, -0.25) is 0 Å². The van der Waals surface area contributed by atoms with Gasteiger partial charge in [-0.05, 0) is 24.1 Å². The Bertz CT molecular complexity index is 297. The first-order valence-corrected chi connectivity index (χ1v) is 6.28. The Labute approximate surface area is 99.5 Å². The van der Waals surface area contributed by atoms with Gasteiger partial charge >= 0.3 is 0 Å². The summed E-state index contributed by atoms with van der Waals surface area (Å²) in [4.78, 5) is 2.31. The van der Waals surface area contributed by atoms with Gasteiger partial charge in [0.1, 0.15) is 0 Å². The van der Waals surface area contributed by atoms with E-state index in [1.165, 1.54) is 36.9 Å². The predicted octanol–water partition coefficient (Wildman–Crippen LogP) is 3.16. The van der Waals surface area contributed by atoms with Gasteiger partial charge in [0.05, 0.1) is 0 Å². The standard InChI is InChI=1S/C14H24N2/c1-3-4-5-6-10-16(2)14-9-7-8-13(11-14)12-15/h7-9,11H,3-6,10,12,15H2,1-2H3. The number of nitrogens with two attached hydrogens (primary N) is 1. The van der Waals surface area contributed by atoms with Crippen molar-refractivity contribution in [3.05, 3.63) is 29.8 Å². The van der Waals surface area contributed by atoms with Crippen LogP contribution in [-0.2, 0) is 6.54 Å². The summed E-state index contributed by atoms with van der Waals surface area (Å²) < 4.78 is 0. The fourth-order valence-corrected chi connectivity index (χ4v) is 1.83. The normalized spacial score (nSPS) is 10.4. The van der Waals surface area contributed by atoms with Gasteiger partial charge in [-0.25, -0.2) is 0 Å². The highest BCUT2D eigenvalue weighted by molar-refractivity contribution is 5.47. The number of rotatable bonds is 7. The minimum absolute atomic E-state index is 0.623. The van der Waals surface area contributed by atoms with Crippen LogP contribution < -0.4 is 10.6 Å². The third kappa shape index (κ3) is 4.23. The van der Waals surface area contributed by atoms with E-state index in [1.807, 2.05) is 0 Å². The number of hydrogen-bond donors (Lipinski definition) is 1. The molecule has 0 aliphatic heterocycles. The largest absolute Gasteiger partial charge is 0.375 e. The van der Waals surface area contributed by atoms with Gasteiger partial charge in [-0.1, -0.05) is 38.3 Å². The van der Waals surface area contributed by atoms with Gasteiger partial charge in [0.25, 0.3) is 0 Å². The van der Waals surface area contributed by atoms with E-state index >= 15 is 0 Å². The summed E-state index contributed by atoms with van der Waals surface area (Å²) in [6, 6.07) is 8.49. The molecule has 0 atom stereocenters. The van der Waals surface area contributed by atoms with Gasteiger partial charge < -0.3 is 10.6 Å². The lowest BCUT2D eigenvalue weighted by molar-refractivity contribution is 0.661. The molecule has 2 N–H and O–H groups in total. The van der Waals surface area contributed by atoms with E-state index in [1.54, 1.807) is 0 Å². The maximum atomic E-state index is 5.64. The summed E-state index contributed by atoms with van der Waals surface area (Å²) in [5.74, 6) is 0. The first-order chi connectivity index (χ1) is 7.77. The molecule has 2 nitrogen and oxygen atoms in total. The number of benzene rings is 1. The zero-order valence-corrected chi connectivity index (χ0v) is 10.6. The maximum absolute atomic E-state index is 5.64. The van der Waals surface area contributed by atoms with E-state index in [-0.39, 0.29) is 0 Å². The van der Waals surface area contributed by atoms with E-state index in [0.29, 0.717) is 6.54 Å². The zero-order chi connectivity index (χ0) is 11.8. The monoisotopic (exact) mass is 220 g/mol.